The molecular formula is C13H16N2. The second kappa shape index (κ2) is 4.22. The van der Waals surface area contributed by atoms with Crippen molar-refractivity contribution in [2.45, 2.75) is 19.9 Å². The second-order valence-corrected chi connectivity index (χ2v) is 3.94. The van der Waals surface area contributed by atoms with Crippen molar-refractivity contribution < 1.29 is 0 Å². The molecule has 0 saturated heterocycles. The average Bonchev–Trinajstić information content (AvgIpc) is 2.69. The number of rotatable bonds is 3. The monoisotopic (exact) mass is 200 g/mol. The van der Waals surface area contributed by atoms with Crippen molar-refractivity contribution in [3.8, 4) is 5.69 Å². The lowest BCUT2D eigenvalue weighted by molar-refractivity contribution is 0.899. The van der Waals surface area contributed by atoms with Crippen molar-refractivity contribution in [3.63, 3.8) is 0 Å². The van der Waals surface area contributed by atoms with E-state index in [1.807, 2.05) is 12.1 Å². The van der Waals surface area contributed by atoms with Gasteiger partial charge in [-0.3, -0.25) is 0 Å². The molecule has 2 aromatic rings. The molecule has 0 aliphatic rings. The standard InChI is InChI=1S/C13H16N2/c1-11(2)14-12-6-5-7-13(10-12)15-8-3-4-9-15/h3-11,14H,1-2H3. The fraction of sp³-hybridized carbons (Fsp3) is 0.231. The van der Waals surface area contributed by atoms with E-state index in [1.165, 1.54) is 5.69 Å². The molecule has 0 aliphatic carbocycles. The summed E-state index contributed by atoms with van der Waals surface area (Å²) in [5.74, 6) is 0. The molecule has 1 aromatic heterocycles. The van der Waals surface area contributed by atoms with E-state index >= 15 is 0 Å². The Bertz CT molecular complexity index is 416. The molecule has 1 heterocycles. The summed E-state index contributed by atoms with van der Waals surface area (Å²) >= 11 is 0. The van der Waals surface area contributed by atoms with Crippen LogP contribution in [0.5, 0.6) is 0 Å². The van der Waals surface area contributed by atoms with E-state index < -0.39 is 0 Å². The first-order valence-electron chi connectivity index (χ1n) is 5.25. The van der Waals surface area contributed by atoms with Gasteiger partial charge in [-0.05, 0) is 44.2 Å². The van der Waals surface area contributed by atoms with Gasteiger partial charge in [0.15, 0.2) is 0 Å². The lowest BCUT2D eigenvalue weighted by Gasteiger charge is -2.11. The SMILES string of the molecule is CC(C)Nc1cccc(-n2cccc2)c1. The van der Waals surface area contributed by atoms with E-state index in [9.17, 15) is 0 Å². The highest BCUT2D eigenvalue weighted by atomic mass is 15.0. The van der Waals surface area contributed by atoms with Crippen LogP contribution in [0.2, 0.25) is 0 Å². The molecule has 0 radical (unpaired) electrons. The predicted octanol–water partition coefficient (Wildman–Crippen LogP) is 3.30. The zero-order chi connectivity index (χ0) is 10.7. The topological polar surface area (TPSA) is 17.0 Å². The molecule has 2 heteroatoms. The molecule has 0 saturated carbocycles. The zero-order valence-corrected chi connectivity index (χ0v) is 9.14. The number of nitrogens with zero attached hydrogens (tertiary/aromatic N) is 1. The summed E-state index contributed by atoms with van der Waals surface area (Å²) in [6.45, 7) is 4.28. The van der Waals surface area contributed by atoms with Crippen LogP contribution in [0.15, 0.2) is 48.8 Å². The second-order valence-electron chi connectivity index (χ2n) is 3.94. The highest BCUT2D eigenvalue weighted by molar-refractivity contribution is 5.51. The van der Waals surface area contributed by atoms with E-state index in [-0.39, 0.29) is 0 Å². The van der Waals surface area contributed by atoms with Crippen molar-refractivity contribution >= 4 is 5.69 Å². The van der Waals surface area contributed by atoms with E-state index in [0.29, 0.717) is 6.04 Å². The van der Waals surface area contributed by atoms with Gasteiger partial charge < -0.3 is 9.88 Å². The number of hydrogen-bond donors (Lipinski definition) is 1. The van der Waals surface area contributed by atoms with Gasteiger partial charge in [-0.1, -0.05) is 6.07 Å². The van der Waals surface area contributed by atoms with Gasteiger partial charge in [0.05, 0.1) is 0 Å². The normalized spacial score (nSPS) is 10.6. The number of anilines is 1. The van der Waals surface area contributed by atoms with Gasteiger partial charge in [-0.25, -0.2) is 0 Å². The van der Waals surface area contributed by atoms with Gasteiger partial charge in [-0.2, -0.15) is 0 Å². The van der Waals surface area contributed by atoms with Crippen molar-refractivity contribution in [1.82, 2.24) is 4.57 Å². The van der Waals surface area contributed by atoms with Crippen molar-refractivity contribution in [2.75, 3.05) is 5.32 Å². The molecule has 2 rings (SSSR count). The number of nitrogens with one attached hydrogen (secondary N) is 1. The Morgan fingerprint density at radius 2 is 1.80 bits per heavy atom. The quantitative estimate of drug-likeness (QED) is 0.804. The van der Waals surface area contributed by atoms with Crippen LogP contribution in [0.1, 0.15) is 13.8 Å². The Morgan fingerprint density at radius 1 is 1.07 bits per heavy atom. The molecule has 2 nitrogen and oxygen atoms in total. The van der Waals surface area contributed by atoms with Gasteiger partial charge in [-0.15, -0.1) is 0 Å². The largest absolute Gasteiger partial charge is 0.383 e. The summed E-state index contributed by atoms with van der Waals surface area (Å²) in [5.41, 5.74) is 2.35. The molecule has 0 amide bonds. The molecule has 0 aliphatic heterocycles. The van der Waals surface area contributed by atoms with E-state index in [4.69, 9.17) is 0 Å². The van der Waals surface area contributed by atoms with E-state index in [0.717, 1.165) is 5.69 Å². The fourth-order valence-corrected chi connectivity index (χ4v) is 1.60. The summed E-state index contributed by atoms with van der Waals surface area (Å²) < 4.78 is 2.10. The van der Waals surface area contributed by atoms with E-state index in [2.05, 4.69) is 60.4 Å². The molecule has 0 bridgehead atoms. The first kappa shape index (κ1) is 9.84. The minimum absolute atomic E-state index is 0.463. The van der Waals surface area contributed by atoms with Crippen molar-refractivity contribution in [1.29, 1.82) is 0 Å². The molecule has 78 valence electrons. The highest BCUT2D eigenvalue weighted by Gasteiger charge is 1.98. The van der Waals surface area contributed by atoms with Crippen LogP contribution in [-0.2, 0) is 0 Å². The van der Waals surface area contributed by atoms with Gasteiger partial charge in [0.2, 0.25) is 0 Å². The summed E-state index contributed by atoms with van der Waals surface area (Å²) in [5, 5.41) is 3.39. The number of benzene rings is 1. The molecule has 0 unspecified atom stereocenters. The first-order valence-corrected chi connectivity index (χ1v) is 5.25. The lowest BCUT2D eigenvalue weighted by atomic mass is 10.2. The van der Waals surface area contributed by atoms with Crippen molar-refractivity contribution in [3.05, 3.63) is 48.8 Å². The van der Waals surface area contributed by atoms with Crippen LogP contribution in [0.4, 0.5) is 5.69 Å². The van der Waals surface area contributed by atoms with Gasteiger partial charge >= 0.3 is 0 Å². The summed E-state index contributed by atoms with van der Waals surface area (Å²) in [4.78, 5) is 0. The maximum absolute atomic E-state index is 3.39. The molecule has 1 N–H and O–H groups in total. The van der Waals surface area contributed by atoms with Crippen LogP contribution >= 0.6 is 0 Å². The molecule has 0 fully saturated rings. The molecule has 15 heavy (non-hydrogen) atoms. The Balaban J connectivity index is 2.27. The fourth-order valence-electron chi connectivity index (χ4n) is 1.60. The van der Waals surface area contributed by atoms with Crippen LogP contribution in [0.3, 0.4) is 0 Å². The summed E-state index contributed by atoms with van der Waals surface area (Å²) in [6.07, 6.45) is 4.10. The maximum Gasteiger partial charge on any atom is 0.0469 e. The van der Waals surface area contributed by atoms with E-state index in [1.54, 1.807) is 0 Å². The van der Waals surface area contributed by atoms with Crippen LogP contribution < -0.4 is 5.32 Å². The number of hydrogen-bond acceptors (Lipinski definition) is 1. The predicted molar refractivity (Wildman–Crippen MR) is 64.5 cm³/mol. The van der Waals surface area contributed by atoms with Gasteiger partial charge in [0, 0.05) is 29.8 Å². The van der Waals surface area contributed by atoms with Crippen LogP contribution in [0, 0.1) is 0 Å². The zero-order valence-electron chi connectivity index (χ0n) is 9.14. The summed E-state index contributed by atoms with van der Waals surface area (Å²) in [7, 11) is 0. The number of aromatic nitrogens is 1. The third-order valence-electron chi connectivity index (χ3n) is 2.20. The molecule has 0 spiro atoms. The molecular weight excluding hydrogens is 184 g/mol. The van der Waals surface area contributed by atoms with Crippen LogP contribution in [0.25, 0.3) is 5.69 Å². The minimum Gasteiger partial charge on any atom is -0.383 e. The third kappa shape index (κ3) is 2.40. The lowest BCUT2D eigenvalue weighted by Crippen LogP contribution is -2.09. The van der Waals surface area contributed by atoms with Crippen LogP contribution in [-0.4, -0.2) is 10.6 Å². The maximum atomic E-state index is 3.39. The average molecular weight is 200 g/mol. The smallest absolute Gasteiger partial charge is 0.0469 e. The Hall–Kier alpha value is -1.70. The minimum atomic E-state index is 0.463. The van der Waals surface area contributed by atoms with Crippen molar-refractivity contribution in [2.24, 2.45) is 0 Å². The Kier molecular flexibility index (Phi) is 2.77. The Morgan fingerprint density at radius 3 is 2.47 bits per heavy atom. The molecule has 1 aromatic carbocycles. The molecule has 0 atom stereocenters. The first-order chi connectivity index (χ1) is 7.25. The van der Waals surface area contributed by atoms with Gasteiger partial charge in [0.25, 0.3) is 0 Å². The third-order valence-corrected chi connectivity index (χ3v) is 2.20. The van der Waals surface area contributed by atoms with Gasteiger partial charge in [0.1, 0.15) is 0 Å². The Labute approximate surface area is 90.6 Å². The highest BCUT2D eigenvalue weighted by Crippen LogP contribution is 2.15. The summed E-state index contributed by atoms with van der Waals surface area (Å²) in [6, 6.07) is 12.9.